The Morgan fingerprint density at radius 2 is 1.94 bits per heavy atom. The molecule has 0 atom stereocenters. The Kier molecular flexibility index (Phi) is 7.35. The highest BCUT2D eigenvalue weighted by Crippen LogP contribution is 2.28. The van der Waals surface area contributed by atoms with E-state index in [1.807, 2.05) is 30.3 Å². The van der Waals surface area contributed by atoms with Crippen molar-refractivity contribution in [3.8, 4) is 17.6 Å². The van der Waals surface area contributed by atoms with E-state index in [0.717, 1.165) is 16.1 Å². The lowest BCUT2D eigenvalue weighted by molar-refractivity contribution is 0.0951. The molecule has 6 nitrogen and oxygen atoms in total. The van der Waals surface area contributed by atoms with Crippen molar-refractivity contribution in [3.63, 3.8) is 0 Å². The van der Waals surface area contributed by atoms with E-state index in [0.29, 0.717) is 23.7 Å². The molecule has 0 bridgehead atoms. The quantitative estimate of drug-likeness (QED) is 0.387. The number of nitriles is 1. The number of ether oxygens (including phenoxy) is 2. The molecule has 0 aliphatic heterocycles. The lowest BCUT2D eigenvalue weighted by atomic mass is 10.1. The first-order valence-corrected chi connectivity index (χ1v) is 9.88. The van der Waals surface area contributed by atoms with Crippen molar-refractivity contribution in [3.05, 3.63) is 93.2 Å². The molecule has 0 spiro atoms. The Hall–Kier alpha value is -3.70. The molecule has 156 valence electrons. The molecular weight excluding hydrogens is 465 g/mol. The van der Waals surface area contributed by atoms with Crippen molar-refractivity contribution in [2.75, 3.05) is 7.11 Å². The smallest absolute Gasteiger partial charge is 0.274 e. The summed E-state index contributed by atoms with van der Waals surface area (Å²) in [6.45, 7) is 0.378. The summed E-state index contributed by atoms with van der Waals surface area (Å²) in [5.74, 6) is -0.447. The maximum Gasteiger partial charge on any atom is 0.274 e. The van der Waals surface area contributed by atoms with Crippen LogP contribution in [0, 0.1) is 17.1 Å². The van der Waals surface area contributed by atoms with Crippen LogP contribution in [0.3, 0.4) is 0 Å². The molecule has 31 heavy (non-hydrogen) atoms. The largest absolute Gasteiger partial charge is 0.493 e. The number of halogens is 2. The summed E-state index contributed by atoms with van der Waals surface area (Å²) in [5, 5.41) is 12.6. The van der Waals surface area contributed by atoms with Gasteiger partial charge in [-0.3, -0.25) is 4.79 Å². The summed E-state index contributed by atoms with van der Waals surface area (Å²) in [6.07, 6.45) is 1.40. The van der Waals surface area contributed by atoms with E-state index in [1.54, 1.807) is 18.2 Å². The average molecular weight is 482 g/mol. The van der Waals surface area contributed by atoms with E-state index in [4.69, 9.17) is 14.7 Å². The molecule has 0 heterocycles. The summed E-state index contributed by atoms with van der Waals surface area (Å²) in [6, 6.07) is 18.4. The van der Waals surface area contributed by atoms with Gasteiger partial charge in [-0.15, -0.1) is 0 Å². The van der Waals surface area contributed by atoms with Crippen LogP contribution in [0.25, 0.3) is 0 Å². The van der Waals surface area contributed by atoms with E-state index >= 15 is 0 Å². The van der Waals surface area contributed by atoms with Gasteiger partial charge in [0.05, 0.1) is 30.5 Å². The van der Waals surface area contributed by atoms with Gasteiger partial charge in [-0.1, -0.05) is 28.1 Å². The van der Waals surface area contributed by atoms with Gasteiger partial charge in [0.25, 0.3) is 5.91 Å². The van der Waals surface area contributed by atoms with Crippen LogP contribution in [0.1, 0.15) is 27.0 Å². The van der Waals surface area contributed by atoms with Gasteiger partial charge in [0.1, 0.15) is 12.4 Å². The standard InChI is InChI=1S/C23H17BrFN3O3/c1-30-22-11-17(5-9-21(22)31-14-15-2-6-18(24)7-3-15)13-27-28-23(29)19-8-4-16(12-26)10-20(19)25/h2-11,13H,14H2,1H3,(H,28,29)/b27-13-. The number of hydrazone groups is 1. The third-order valence-electron chi connectivity index (χ3n) is 4.22. The van der Waals surface area contributed by atoms with Gasteiger partial charge in [0.15, 0.2) is 11.5 Å². The molecule has 0 aliphatic carbocycles. The molecule has 3 rings (SSSR count). The topological polar surface area (TPSA) is 83.7 Å². The first-order valence-electron chi connectivity index (χ1n) is 9.08. The number of hydrogen-bond donors (Lipinski definition) is 1. The number of amides is 1. The number of rotatable bonds is 7. The van der Waals surface area contributed by atoms with Crippen LogP contribution >= 0.6 is 15.9 Å². The summed E-state index contributed by atoms with van der Waals surface area (Å²) in [7, 11) is 1.53. The number of benzene rings is 3. The van der Waals surface area contributed by atoms with Crippen molar-refractivity contribution < 1.29 is 18.7 Å². The molecule has 1 N–H and O–H groups in total. The van der Waals surface area contributed by atoms with Gasteiger partial charge in [0.2, 0.25) is 0 Å². The molecule has 0 unspecified atom stereocenters. The number of carbonyl (C=O) groups excluding carboxylic acids is 1. The fourth-order valence-corrected chi connectivity index (χ4v) is 2.88. The third kappa shape index (κ3) is 5.90. The number of nitrogens with zero attached hydrogens (tertiary/aromatic N) is 2. The minimum Gasteiger partial charge on any atom is -0.493 e. The number of hydrogen-bond acceptors (Lipinski definition) is 5. The van der Waals surface area contributed by atoms with Crippen molar-refractivity contribution in [2.24, 2.45) is 5.10 Å². The maximum atomic E-state index is 13.9. The Morgan fingerprint density at radius 3 is 2.61 bits per heavy atom. The summed E-state index contributed by atoms with van der Waals surface area (Å²) in [4.78, 5) is 12.1. The second-order valence-corrected chi connectivity index (χ2v) is 7.25. The molecule has 8 heteroatoms. The van der Waals surface area contributed by atoms with Crippen molar-refractivity contribution in [1.29, 1.82) is 5.26 Å². The predicted molar refractivity (Wildman–Crippen MR) is 118 cm³/mol. The average Bonchev–Trinajstić information content (AvgIpc) is 2.78. The first kappa shape index (κ1) is 22.0. The Labute approximate surface area is 187 Å². The predicted octanol–water partition coefficient (Wildman–Crippen LogP) is 4.81. The lowest BCUT2D eigenvalue weighted by Crippen LogP contribution is -2.19. The van der Waals surface area contributed by atoms with Crippen LogP contribution in [0.15, 0.2) is 70.2 Å². The van der Waals surface area contributed by atoms with Crippen LogP contribution in [0.5, 0.6) is 11.5 Å². The maximum absolute atomic E-state index is 13.9. The van der Waals surface area contributed by atoms with Gasteiger partial charge in [0, 0.05) is 4.47 Å². The fourth-order valence-electron chi connectivity index (χ4n) is 2.62. The molecule has 0 radical (unpaired) electrons. The van der Waals surface area contributed by atoms with Gasteiger partial charge < -0.3 is 9.47 Å². The monoisotopic (exact) mass is 481 g/mol. The minimum atomic E-state index is -0.791. The van der Waals surface area contributed by atoms with E-state index in [9.17, 15) is 9.18 Å². The Bertz CT molecular complexity index is 1160. The lowest BCUT2D eigenvalue weighted by Gasteiger charge is -2.11. The molecule has 0 aromatic heterocycles. The SMILES string of the molecule is COc1cc(/C=N\NC(=O)c2ccc(C#N)cc2F)ccc1OCc1ccc(Br)cc1. The zero-order valence-corrected chi connectivity index (χ0v) is 18.0. The second-order valence-electron chi connectivity index (χ2n) is 6.33. The zero-order valence-electron chi connectivity index (χ0n) is 16.4. The zero-order chi connectivity index (χ0) is 22.2. The molecule has 0 saturated carbocycles. The molecular formula is C23H17BrFN3O3. The van der Waals surface area contributed by atoms with Crippen molar-refractivity contribution >= 4 is 28.1 Å². The third-order valence-corrected chi connectivity index (χ3v) is 4.75. The van der Waals surface area contributed by atoms with Crippen LogP contribution < -0.4 is 14.9 Å². The van der Waals surface area contributed by atoms with Gasteiger partial charge in [-0.25, -0.2) is 9.82 Å². The van der Waals surface area contributed by atoms with Crippen molar-refractivity contribution in [2.45, 2.75) is 6.61 Å². The Balaban J connectivity index is 1.63. The van der Waals surface area contributed by atoms with Crippen molar-refractivity contribution in [1.82, 2.24) is 5.43 Å². The van der Waals surface area contributed by atoms with Gasteiger partial charge in [-0.05, 0) is 59.7 Å². The summed E-state index contributed by atoms with van der Waals surface area (Å²) in [5.41, 5.74) is 3.84. The van der Waals surface area contributed by atoms with Crippen LogP contribution in [0.4, 0.5) is 4.39 Å². The number of nitrogens with one attached hydrogen (secondary N) is 1. The first-order chi connectivity index (χ1) is 15.0. The van der Waals surface area contributed by atoms with Crippen LogP contribution in [-0.2, 0) is 6.61 Å². The Morgan fingerprint density at radius 1 is 1.16 bits per heavy atom. The van der Waals surface area contributed by atoms with E-state index in [2.05, 4.69) is 26.5 Å². The van der Waals surface area contributed by atoms with Crippen LogP contribution in [-0.4, -0.2) is 19.2 Å². The second kappa shape index (κ2) is 10.4. The molecule has 0 saturated heterocycles. The highest BCUT2D eigenvalue weighted by molar-refractivity contribution is 9.10. The number of methoxy groups -OCH3 is 1. The number of carbonyl (C=O) groups is 1. The van der Waals surface area contributed by atoms with Gasteiger partial charge >= 0.3 is 0 Å². The molecule has 3 aromatic rings. The van der Waals surface area contributed by atoms with Gasteiger partial charge in [-0.2, -0.15) is 10.4 Å². The highest BCUT2D eigenvalue weighted by Gasteiger charge is 2.11. The molecule has 3 aromatic carbocycles. The normalized spacial score (nSPS) is 10.5. The van der Waals surface area contributed by atoms with E-state index < -0.39 is 11.7 Å². The summed E-state index contributed by atoms with van der Waals surface area (Å²) < 4.78 is 26.1. The molecule has 1 amide bonds. The van der Waals surface area contributed by atoms with E-state index in [-0.39, 0.29) is 11.1 Å². The molecule has 0 fully saturated rings. The molecule has 0 aliphatic rings. The summed E-state index contributed by atoms with van der Waals surface area (Å²) >= 11 is 3.39. The highest BCUT2D eigenvalue weighted by atomic mass is 79.9. The van der Waals surface area contributed by atoms with E-state index in [1.165, 1.54) is 25.5 Å². The fraction of sp³-hybridized carbons (Fsp3) is 0.0870. The van der Waals surface area contributed by atoms with Crippen LogP contribution in [0.2, 0.25) is 0 Å². The minimum absolute atomic E-state index is 0.132.